The van der Waals surface area contributed by atoms with Gasteiger partial charge in [-0.15, -0.1) is 10.2 Å². The molecule has 0 saturated carbocycles. The Morgan fingerprint density at radius 1 is 0.906 bits per heavy atom. The third-order valence-corrected chi connectivity index (χ3v) is 5.56. The molecule has 0 bridgehead atoms. The lowest BCUT2D eigenvalue weighted by Crippen LogP contribution is -2.44. The molecular weight excluding hydrogens is 406 g/mol. The Balaban J connectivity index is 1.44. The zero-order valence-corrected chi connectivity index (χ0v) is 18.5. The Morgan fingerprint density at radius 2 is 1.66 bits per heavy atom. The van der Waals surface area contributed by atoms with Gasteiger partial charge in [0.1, 0.15) is 0 Å². The van der Waals surface area contributed by atoms with Gasteiger partial charge in [-0.2, -0.15) is 0 Å². The van der Waals surface area contributed by atoms with Crippen molar-refractivity contribution in [3.63, 3.8) is 0 Å². The van der Waals surface area contributed by atoms with Crippen LogP contribution in [-0.4, -0.2) is 68.5 Å². The topological polar surface area (TPSA) is 79.8 Å². The number of para-hydroxylation sites is 1. The van der Waals surface area contributed by atoms with E-state index in [2.05, 4.69) is 32.4 Å². The number of hydrogen-bond donors (Lipinski definition) is 1. The zero-order chi connectivity index (χ0) is 22.5. The van der Waals surface area contributed by atoms with Gasteiger partial charge < -0.3 is 24.6 Å². The molecule has 2 aromatic carbocycles. The maximum Gasteiger partial charge on any atom is 0.259 e. The molecule has 0 unspecified atom stereocenters. The van der Waals surface area contributed by atoms with Crippen molar-refractivity contribution in [2.75, 3.05) is 57.7 Å². The molecule has 3 aromatic rings. The monoisotopic (exact) mass is 433 g/mol. The highest BCUT2D eigenvalue weighted by Gasteiger charge is 2.17. The van der Waals surface area contributed by atoms with Gasteiger partial charge in [-0.05, 0) is 43.4 Å². The third kappa shape index (κ3) is 4.65. The summed E-state index contributed by atoms with van der Waals surface area (Å²) in [5.41, 5.74) is 2.79. The van der Waals surface area contributed by atoms with Gasteiger partial charge in [-0.1, -0.05) is 18.2 Å². The average molecular weight is 434 g/mol. The Morgan fingerprint density at radius 3 is 2.28 bits per heavy atom. The minimum absolute atomic E-state index is 0.273. The predicted octanol–water partition coefficient (Wildman–Crippen LogP) is 3.16. The van der Waals surface area contributed by atoms with Crippen molar-refractivity contribution in [3.8, 4) is 22.8 Å². The van der Waals surface area contributed by atoms with Crippen LogP contribution < -0.4 is 19.7 Å². The molecule has 166 valence electrons. The number of ether oxygens (including phenoxy) is 2. The summed E-state index contributed by atoms with van der Waals surface area (Å²) in [6, 6.07) is 16.7. The summed E-state index contributed by atoms with van der Waals surface area (Å²) in [4.78, 5) is 17.3. The molecule has 1 aliphatic heterocycles. The molecule has 32 heavy (non-hydrogen) atoms. The number of carbonyl (C=O) groups is 1. The highest BCUT2D eigenvalue weighted by molar-refractivity contribution is 6.06. The molecule has 8 nitrogen and oxygen atoms in total. The number of rotatable bonds is 6. The number of methoxy groups -OCH3 is 2. The molecule has 0 radical (unpaired) electrons. The van der Waals surface area contributed by atoms with Gasteiger partial charge in [-0.25, -0.2) is 0 Å². The van der Waals surface area contributed by atoms with Crippen LogP contribution in [0, 0.1) is 0 Å². The molecule has 0 aliphatic carbocycles. The Bertz CT molecular complexity index is 1060. The molecule has 8 heteroatoms. The summed E-state index contributed by atoms with van der Waals surface area (Å²) in [6.07, 6.45) is 0. The van der Waals surface area contributed by atoms with Crippen LogP contribution in [0.25, 0.3) is 11.3 Å². The van der Waals surface area contributed by atoms with Crippen LogP contribution >= 0.6 is 0 Å². The second-order valence-corrected chi connectivity index (χ2v) is 7.64. The molecule has 4 rings (SSSR count). The molecule has 1 amide bonds. The molecule has 1 aliphatic rings. The summed E-state index contributed by atoms with van der Waals surface area (Å²) in [7, 11) is 5.18. The van der Waals surface area contributed by atoms with E-state index in [1.165, 1.54) is 7.11 Å². The van der Waals surface area contributed by atoms with E-state index in [-0.39, 0.29) is 5.91 Å². The van der Waals surface area contributed by atoms with Gasteiger partial charge in [0.15, 0.2) is 17.3 Å². The lowest BCUT2D eigenvalue weighted by molar-refractivity contribution is 0.102. The van der Waals surface area contributed by atoms with Gasteiger partial charge >= 0.3 is 0 Å². The van der Waals surface area contributed by atoms with E-state index in [0.717, 1.165) is 43.3 Å². The predicted molar refractivity (Wildman–Crippen MR) is 125 cm³/mol. The Hall–Kier alpha value is -3.65. The van der Waals surface area contributed by atoms with Crippen molar-refractivity contribution in [3.05, 3.63) is 60.2 Å². The summed E-state index contributed by atoms with van der Waals surface area (Å²) in [6.45, 7) is 3.96. The van der Waals surface area contributed by atoms with E-state index in [1.807, 2.05) is 36.4 Å². The van der Waals surface area contributed by atoms with Gasteiger partial charge in [0.05, 0.1) is 25.5 Å². The van der Waals surface area contributed by atoms with Crippen molar-refractivity contribution in [2.24, 2.45) is 0 Å². The Kier molecular flexibility index (Phi) is 6.51. The molecule has 1 N–H and O–H groups in total. The standard InChI is InChI=1S/C24H27N5O3/c1-28-13-15-29(16-14-28)22-12-11-20(26-27-22)17-7-9-18(10-8-17)25-24(30)19-5-4-6-21(31-2)23(19)32-3/h4-12H,13-16H2,1-3H3,(H,25,30). The summed E-state index contributed by atoms with van der Waals surface area (Å²) >= 11 is 0. The van der Waals surface area contributed by atoms with Crippen molar-refractivity contribution in [1.82, 2.24) is 15.1 Å². The summed E-state index contributed by atoms with van der Waals surface area (Å²) in [5, 5.41) is 11.7. The number of carbonyl (C=O) groups excluding carboxylic acids is 1. The van der Waals surface area contributed by atoms with E-state index >= 15 is 0 Å². The number of nitrogens with zero attached hydrogens (tertiary/aromatic N) is 4. The molecule has 0 atom stereocenters. The number of likely N-dealkylation sites (N-methyl/N-ethyl adjacent to an activating group) is 1. The first-order valence-electron chi connectivity index (χ1n) is 10.5. The largest absolute Gasteiger partial charge is 0.493 e. The minimum atomic E-state index is -0.273. The van der Waals surface area contributed by atoms with Crippen LogP contribution in [-0.2, 0) is 0 Å². The van der Waals surface area contributed by atoms with E-state index in [4.69, 9.17) is 9.47 Å². The van der Waals surface area contributed by atoms with E-state index < -0.39 is 0 Å². The third-order valence-electron chi connectivity index (χ3n) is 5.56. The van der Waals surface area contributed by atoms with E-state index in [1.54, 1.807) is 25.3 Å². The summed E-state index contributed by atoms with van der Waals surface area (Å²) < 4.78 is 10.6. The van der Waals surface area contributed by atoms with Crippen molar-refractivity contribution in [1.29, 1.82) is 0 Å². The fourth-order valence-corrected chi connectivity index (χ4v) is 3.67. The molecular formula is C24H27N5O3. The first kappa shape index (κ1) is 21.6. The van der Waals surface area contributed by atoms with Crippen LogP contribution in [0.5, 0.6) is 11.5 Å². The highest BCUT2D eigenvalue weighted by atomic mass is 16.5. The quantitative estimate of drug-likeness (QED) is 0.640. The highest BCUT2D eigenvalue weighted by Crippen LogP contribution is 2.31. The van der Waals surface area contributed by atoms with Crippen molar-refractivity contribution < 1.29 is 14.3 Å². The second-order valence-electron chi connectivity index (χ2n) is 7.64. The summed E-state index contributed by atoms with van der Waals surface area (Å²) in [5.74, 6) is 1.54. The van der Waals surface area contributed by atoms with Crippen LogP contribution in [0.4, 0.5) is 11.5 Å². The number of amides is 1. The number of nitrogens with one attached hydrogen (secondary N) is 1. The minimum Gasteiger partial charge on any atom is -0.493 e. The molecule has 2 heterocycles. The lowest BCUT2D eigenvalue weighted by atomic mass is 10.1. The van der Waals surface area contributed by atoms with Crippen LogP contribution in [0.15, 0.2) is 54.6 Å². The molecule has 1 saturated heterocycles. The van der Waals surface area contributed by atoms with Crippen LogP contribution in [0.2, 0.25) is 0 Å². The molecule has 1 aromatic heterocycles. The van der Waals surface area contributed by atoms with Crippen molar-refractivity contribution in [2.45, 2.75) is 0 Å². The fourth-order valence-electron chi connectivity index (χ4n) is 3.67. The van der Waals surface area contributed by atoms with Crippen molar-refractivity contribution >= 4 is 17.4 Å². The van der Waals surface area contributed by atoms with Gasteiger partial charge in [0.25, 0.3) is 5.91 Å². The first-order chi connectivity index (χ1) is 15.6. The molecule has 1 fully saturated rings. The molecule has 0 spiro atoms. The number of benzene rings is 2. The number of hydrogen-bond acceptors (Lipinski definition) is 7. The smallest absolute Gasteiger partial charge is 0.259 e. The number of aromatic nitrogens is 2. The zero-order valence-electron chi connectivity index (χ0n) is 18.5. The normalized spacial score (nSPS) is 14.2. The maximum absolute atomic E-state index is 12.7. The maximum atomic E-state index is 12.7. The van der Waals surface area contributed by atoms with Crippen LogP contribution in [0.1, 0.15) is 10.4 Å². The fraction of sp³-hybridized carbons (Fsp3) is 0.292. The SMILES string of the molecule is COc1cccc(C(=O)Nc2ccc(-c3ccc(N4CCN(C)CC4)nn3)cc2)c1OC. The van der Waals surface area contributed by atoms with Crippen LogP contribution in [0.3, 0.4) is 0 Å². The van der Waals surface area contributed by atoms with Gasteiger partial charge in [0.2, 0.25) is 0 Å². The number of anilines is 2. The van der Waals surface area contributed by atoms with Gasteiger partial charge in [-0.3, -0.25) is 4.79 Å². The van der Waals surface area contributed by atoms with E-state index in [9.17, 15) is 4.79 Å². The first-order valence-corrected chi connectivity index (χ1v) is 10.5. The number of piperazine rings is 1. The van der Waals surface area contributed by atoms with Gasteiger partial charge in [0, 0.05) is 37.4 Å². The second kappa shape index (κ2) is 9.65. The van der Waals surface area contributed by atoms with E-state index in [0.29, 0.717) is 22.7 Å². The average Bonchev–Trinajstić information content (AvgIpc) is 2.84. The lowest BCUT2D eigenvalue weighted by Gasteiger charge is -2.32. The Labute approximate surface area is 187 Å².